The standard InChI is InChI=1S/C10H15N3O3S/c1-6-9(13-17-12-6)10(14)11-7-3-4-16-5-8(7)15-2/h7-8H,3-5H2,1-2H3,(H,11,14)/t7-,8-/m0/s1. The molecule has 0 saturated carbocycles. The zero-order valence-electron chi connectivity index (χ0n) is 9.80. The van der Waals surface area contributed by atoms with Crippen LogP contribution in [0.1, 0.15) is 22.6 Å². The molecule has 0 aromatic carbocycles. The van der Waals surface area contributed by atoms with Crippen LogP contribution >= 0.6 is 11.7 Å². The first kappa shape index (κ1) is 12.4. The second kappa shape index (κ2) is 5.52. The Morgan fingerprint density at radius 1 is 1.59 bits per heavy atom. The Labute approximate surface area is 104 Å². The van der Waals surface area contributed by atoms with E-state index in [4.69, 9.17) is 9.47 Å². The molecule has 1 N–H and O–H groups in total. The molecule has 2 heterocycles. The Morgan fingerprint density at radius 2 is 2.41 bits per heavy atom. The molecule has 1 aliphatic heterocycles. The van der Waals surface area contributed by atoms with Crippen LogP contribution in [0.3, 0.4) is 0 Å². The lowest BCUT2D eigenvalue weighted by atomic mass is 10.1. The number of aryl methyl sites for hydroxylation is 1. The second-order valence-corrected chi connectivity index (χ2v) is 4.44. The number of aromatic nitrogens is 2. The predicted molar refractivity (Wildman–Crippen MR) is 62.1 cm³/mol. The average molecular weight is 257 g/mol. The van der Waals surface area contributed by atoms with Gasteiger partial charge in [-0.3, -0.25) is 4.79 Å². The lowest BCUT2D eigenvalue weighted by Gasteiger charge is -2.30. The van der Waals surface area contributed by atoms with E-state index in [-0.39, 0.29) is 18.1 Å². The zero-order valence-corrected chi connectivity index (χ0v) is 10.6. The molecule has 1 fully saturated rings. The lowest BCUT2D eigenvalue weighted by Crippen LogP contribution is -2.49. The van der Waals surface area contributed by atoms with Gasteiger partial charge in [0.05, 0.1) is 30.1 Å². The monoisotopic (exact) mass is 257 g/mol. The van der Waals surface area contributed by atoms with Crippen molar-refractivity contribution in [3.8, 4) is 0 Å². The number of ether oxygens (including phenoxy) is 2. The molecule has 0 bridgehead atoms. The first-order valence-corrected chi connectivity index (χ1v) is 6.16. The van der Waals surface area contributed by atoms with Crippen molar-refractivity contribution in [1.82, 2.24) is 14.1 Å². The van der Waals surface area contributed by atoms with Crippen LogP contribution in [0.5, 0.6) is 0 Å². The van der Waals surface area contributed by atoms with Crippen LogP contribution < -0.4 is 5.32 Å². The highest BCUT2D eigenvalue weighted by molar-refractivity contribution is 6.99. The summed E-state index contributed by atoms with van der Waals surface area (Å²) in [6.07, 6.45) is 0.653. The molecule has 1 aromatic heterocycles. The highest BCUT2D eigenvalue weighted by atomic mass is 32.1. The van der Waals surface area contributed by atoms with E-state index in [1.54, 1.807) is 14.0 Å². The van der Waals surface area contributed by atoms with E-state index in [9.17, 15) is 4.79 Å². The topological polar surface area (TPSA) is 73.3 Å². The summed E-state index contributed by atoms with van der Waals surface area (Å²) >= 11 is 1.05. The lowest BCUT2D eigenvalue weighted by molar-refractivity contribution is -0.0479. The van der Waals surface area contributed by atoms with Gasteiger partial charge in [-0.2, -0.15) is 8.75 Å². The van der Waals surface area contributed by atoms with Gasteiger partial charge in [0.15, 0.2) is 5.69 Å². The predicted octanol–water partition coefficient (Wildman–Crippen LogP) is 0.380. The van der Waals surface area contributed by atoms with Crippen LogP contribution in [0.15, 0.2) is 0 Å². The number of hydrogen-bond donors (Lipinski definition) is 1. The van der Waals surface area contributed by atoms with E-state index in [0.717, 1.165) is 18.1 Å². The van der Waals surface area contributed by atoms with Crippen LogP contribution in [-0.2, 0) is 9.47 Å². The highest BCUT2D eigenvalue weighted by Crippen LogP contribution is 2.12. The Hall–Kier alpha value is -1.05. The Bertz CT molecular complexity index is 396. The molecule has 0 unspecified atom stereocenters. The van der Waals surface area contributed by atoms with Gasteiger partial charge in [-0.1, -0.05) is 0 Å². The molecular weight excluding hydrogens is 242 g/mol. The van der Waals surface area contributed by atoms with Gasteiger partial charge in [0.1, 0.15) is 6.10 Å². The van der Waals surface area contributed by atoms with Crippen LogP contribution in [0.4, 0.5) is 0 Å². The molecule has 2 rings (SSSR count). The van der Waals surface area contributed by atoms with E-state index in [1.807, 2.05) is 0 Å². The van der Waals surface area contributed by atoms with E-state index in [1.165, 1.54) is 0 Å². The Balaban J connectivity index is 2.00. The first-order chi connectivity index (χ1) is 8.22. The zero-order chi connectivity index (χ0) is 12.3. The van der Waals surface area contributed by atoms with E-state index >= 15 is 0 Å². The average Bonchev–Trinajstić information content (AvgIpc) is 2.76. The molecule has 6 nitrogen and oxygen atoms in total. The number of amides is 1. The van der Waals surface area contributed by atoms with Crippen molar-refractivity contribution < 1.29 is 14.3 Å². The van der Waals surface area contributed by atoms with Crippen molar-refractivity contribution in [2.24, 2.45) is 0 Å². The van der Waals surface area contributed by atoms with Crippen molar-refractivity contribution >= 4 is 17.6 Å². The molecule has 1 aromatic rings. The summed E-state index contributed by atoms with van der Waals surface area (Å²) < 4.78 is 18.5. The van der Waals surface area contributed by atoms with Gasteiger partial charge >= 0.3 is 0 Å². The summed E-state index contributed by atoms with van der Waals surface area (Å²) in [4.78, 5) is 12.0. The summed E-state index contributed by atoms with van der Waals surface area (Å²) in [6.45, 7) is 2.92. The normalized spacial score (nSPS) is 24.6. The number of carbonyl (C=O) groups excluding carboxylic acids is 1. The van der Waals surface area contributed by atoms with Crippen molar-refractivity contribution in [2.45, 2.75) is 25.5 Å². The number of carbonyl (C=O) groups is 1. The molecular formula is C10H15N3O3S. The summed E-state index contributed by atoms with van der Waals surface area (Å²) in [5, 5.41) is 2.92. The number of nitrogens with one attached hydrogen (secondary N) is 1. The minimum atomic E-state index is -0.190. The van der Waals surface area contributed by atoms with Crippen LogP contribution in [0, 0.1) is 6.92 Å². The van der Waals surface area contributed by atoms with Gasteiger partial charge < -0.3 is 14.8 Å². The van der Waals surface area contributed by atoms with E-state index in [2.05, 4.69) is 14.1 Å². The fourth-order valence-electron chi connectivity index (χ4n) is 1.78. The van der Waals surface area contributed by atoms with Gasteiger partial charge in [0.2, 0.25) is 0 Å². The minimum Gasteiger partial charge on any atom is -0.379 e. The van der Waals surface area contributed by atoms with Crippen molar-refractivity contribution in [1.29, 1.82) is 0 Å². The number of rotatable bonds is 3. The van der Waals surface area contributed by atoms with Gasteiger partial charge in [0, 0.05) is 13.7 Å². The van der Waals surface area contributed by atoms with Crippen LogP contribution in [0.2, 0.25) is 0 Å². The molecule has 94 valence electrons. The SMILES string of the molecule is CO[C@H]1COCC[C@@H]1NC(=O)c1nsnc1C. The fourth-order valence-corrected chi connectivity index (χ4v) is 2.33. The Kier molecular flexibility index (Phi) is 4.03. The molecule has 2 atom stereocenters. The van der Waals surface area contributed by atoms with Crippen LogP contribution in [0.25, 0.3) is 0 Å². The largest absolute Gasteiger partial charge is 0.379 e. The van der Waals surface area contributed by atoms with Crippen molar-refractivity contribution in [2.75, 3.05) is 20.3 Å². The molecule has 1 saturated heterocycles. The van der Waals surface area contributed by atoms with Gasteiger partial charge in [-0.05, 0) is 13.3 Å². The third kappa shape index (κ3) is 2.80. The molecule has 7 heteroatoms. The highest BCUT2D eigenvalue weighted by Gasteiger charge is 2.28. The molecule has 0 aliphatic carbocycles. The number of nitrogens with zero attached hydrogens (tertiary/aromatic N) is 2. The van der Waals surface area contributed by atoms with Gasteiger partial charge in [-0.25, -0.2) is 0 Å². The third-order valence-electron chi connectivity index (χ3n) is 2.79. The van der Waals surface area contributed by atoms with Gasteiger partial charge in [0.25, 0.3) is 5.91 Å². The number of methoxy groups -OCH3 is 1. The van der Waals surface area contributed by atoms with Gasteiger partial charge in [-0.15, -0.1) is 0 Å². The Morgan fingerprint density at radius 3 is 3.06 bits per heavy atom. The van der Waals surface area contributed by atoms with E-state index in [0.29, 0.717) is 24.6 Å². The number of hydrogen-bond acceptors (Lipinski definition) is 6. The third-order valence-corrected chi connectivity index (χ3v) is 3.41. The van der Waals surface area contributed by atoms with Crippen LogP contribution in [-0.4, -0.2) is 47.1 Å². The van der Waals surface area contributed by atoms with E-state index < -0.39 is 0 Å². The molecule has 1 aliphatic rings. The quantitative estimate of drug-likeness (QED) is 0.847. The summed E-state index contributed by atoms with van der Waals surface area (Å²) in [5.41, 5.74) is 1.06. The molecule has 0 radical (unpaired) electrons. The second-order valence-electron chi connectivity index (χ2n) is 3.92. The summed E-state index contributed by atoms with van der Waals surface area (Å²) in [6, 6.07) is -0.0256. The maximum Gasteiger partial charge on any atom is 0.273 e. The molecule has 0 spiro atoms. The maximum atomic E-state index is 12.0. The van der Waals surface area contributed by atoms with Crippen molar-refractivity contribution in [3.63, 3.8) is 0 Å². The maximum absolute atomic E-state index is 12.0. The smallest absolute Gasteiger partial charge is 0.273 e. The first-order valence-electron chi connectivity index (χ1n) is 5.43. The fraction of sp³-hybridized carbons (Fsp3) is 0.700. The molecule has 1 amide bonds. The summed E-state index contributed by atoms with van der Waals surface area (Å²) in [7, 11) is 1.62. The van der Waals surface area contributed by atoms with Crippen molar-refractivity contribution in [3.05, 3.63) is 11.4 Å². The molecule has 17 heavy (non-hydrogen) atoms. The summed E-state index contributed by atoms with van der Waals surface area (Å²) in [5.74, 6) is -0.190. The minimum absolute atomic E-state index is 0.0256.